The maximum absolute atomic E-state index is 5.30. The Bertz CT molecular complexity index is 139. The highest BCUT2D eigenvalue weighted by molar-refractivity contribution is 5.10. The van der Waals surface area contributed by atoms with Gasteiger partial charge in [0.25, 0.3) is 0 Å². The van der Waals surface area contributed by atoms with Gasteiger partial charge in [0.15, 0.2) is 6.29 Å². The molecule has 2 heteroatoms. The highest BCUT2D eigenvalue weighted by Crippen LogP contribution is 2.16. The van der Waals surface area contributed by atoms with Crippen LogP contribution < -0.4 is 0 Å². The standard InChI is InChI=1S/C8H14O2/c1-6(2)7(3)8-9-4-5-10-8/h8H,4-5H2,1-3H3. The molecule has 1 aliphatic rings. The Hall–Kier alpha value is -0.340. The van der Waals surface area contributed by atoms with Crippen molar-refractivity contribution in [2.75, 3.05) is 13.2 Å². The summed E-state index contributed by atoms with van der Waals surface area (Å²) in [5.41, 5.74) is 2.49. The summed E-state index contributed by atoms with van der Waals surface area (Å²) >= 11 is 0. The zero-order valence-electron chi connectivity index (χ0n) is 6.81. The lowest BCUT2D eigenvalue weighted by Crippen LogP contribution is -2.09. The van der Waals surface area contributed by atoms with Crippen LogP contribution >= 0.6 is 0 Å². The molecule has 58 valence electrons. The van der Waals surface area contributed by atoms with E-state index in [9.17, 15) is 0 Å². The van der Waals surface area contributed by atoms with Crippen molar-refractivity contribution in [1.82, 2.24) is 0 Å². The van der Waals surface area contributed by atoms with Gasteiger partial charge < -0.3 is 9.47 Å². The first kappa shape index (κ1) is 7.76. The molecule has 0 spiro atoms. The Morgan fingerprint density at radius 1 is 1.10 bits per heavy atom. The SMILES string of the molecule is CC(C)=C(C)C1OCCO1. The Balaban J connectivity index is 2.56. The third-order valence-electron chi connectivity index (χ3n) is 1.76. The van der Waals surface area contributed by atoms with E-state index < -0.39 is 0 Å². The van der Waals surface area contributed by atoms with Gasteiger partial charge in [0.1, 0.15) is 0 Å². The van der Waals surface area contributed by atoms with Gasteiger partial charge in [0, 0.05) is 0 Å². The summed E-state index contributed by atoms with van der Waals surface area (Å²) in [4.78, 5) is 0. The van der Waals surface area contributed by atoms with E-state index >= 15 is 0 Å². The van der Waals surface area contributed by atoms with E-state index in [0.717, 1.165) is 13.2 Å². The van der Waals surface area contributed by atoms with Gasteiger partial charge in [0.2, 0.25) is 0 Å². The minimum Gasteiger partial charge on any atom is -0.346 e. The molecule has 0 saturated carbocycles. The van der Waals surface area contributed by atoms with E-state index in [1.54, 1.807) is 0 Å². The van der Waals surface area contributed by atoms with Crippen molar-refractivity contribution in [3.8, 4) is 0 Å². The fourth-order valence-electron chi connectivity index (χ4n) is 0.844. The fourth-order valence-corrected chi connectivity index (χ4v) is 0.844. The van der Waals surface area contributed by atoms with E-state index in [0.29, 0.717) is 0 Å². The quantitative estimate of drug-likeness (QED) is 0.519. The van der Waals surface area contributed by atoms with Gasteiger partial charge in [-0.1, -0.05) is 5.57 Å². The Morgan fingerprint density at radius 3 is 2.00 bits per heavy atom. The lowest BCUT2D eigenvalue weighted by Gasteiger charge is -2.10. The van der Waals surface area contributed by atoms with Crippen molar-refractivity contribution in [2.45, 2.75) is 27.1 Å². The van der Waals surface area contributed by atoms with Crippen LogP contribution in [0.1, 0.15) is 20.8 Å². The number of hydrogen-bond acceptors (Lipinski definition) is 2. The number of allylic oxidation sites excluding steroid dienone is 1. The van der Waals surface area contributed by atoms with E-state index in [-0.39, 0.29) is 6.29 Å². The molecule has 0 aliphatic carbocycles. The summed E-state index contributed by atoms with van der Waals surface area (Å²) in [7, 11) is 0. The van der Waals surface area contributed by atoms with Gasteiger partial charge in [-0.15, -0.1) is 0 Å². The minimum atomic E-state index is -0.0648. The summed E-state index contributed by atoms with van der Waals surface area (Å²) in [5, 5.41) is 0. The third kappa shape index (κ3) is 1.58. The van der Waals surface area contributed by atoms with Crippen LogP contribution in [0, 0.1) is 0 Å². The van der Waals surface area contributed by atoms with E-state index in [4.69, 9.17) is 9.47 Å². The average molecular weight is 142 g/mol. The summed E-state index contributed by atoms with van der Waals surface area (Å²) < 4.78 is 10.6. The summed E-state index contributed by atoms with van der Waals surface area (Å²) in [5.74, 6) is 0. The Kier molecular flexibility index (Phi) is 2.46. The zero-order valence-corrected chi connectivity index (χ0v) is 6.81. The molecule has 0 radical (unpaired) electrons. The highest BCUT2D eigenvalue weighted by atomic mass is 16.7. The molecule has 1 rings (SSSR count). The van der Waals surface area contributed by atoms with Gasteiger partial charge in [-0.05, 0) is 26.3 Å². The molecule has 2 nitrogen and oxygen atoms in total. The summed E-state index contributed by atoms with van der Waals surface area (Å²) in [6.45, 7) is 7.65. The van der Waals surface area contributed by atoms with Crippen molar-refractivity contribution >= 4 is 0 Å². The lowest BCUT2D eigenvalue weighted by molar-refractivity contribution is -0.0117. The van der Waals surface area contributed by atoms with Crippen molar-refractivity contribution in [1.29, 1.82) is 0 Å². The van der Waals surface area contributed by atoms with E-state index in [1.807, 2.05) is 6.92 Å². The Labute approximate surface area is 61.8 Å². The maximum Gasteiger partial charge on any atom is 0.179 e. The summed E-state index contributed by atoms with van der Waals surface area (Å²) in [6.07, 6.45) is -0.0648. The maximum atomic E-state index is 5.30. The van der Waals surface area contributed by atoms with Crippen LogP contribution in [-0.2, 0) is 9.47 Å². The molecule has 0 N–H and O–H groups in total. The first-order valence-corrected chi connectivity index (χ1v) is 3.59. The monoisotopic (exact) mass is 142 g/mol. The fraction of sp³-hybridized carbons (Fsp3) is 0.750. The molecule has 1 aliphatic heterocycles. The van der Waals surface area contributed by atoms with Gasteiger partial charge >= 0.3 is 0 Å². The molecule has 1 heterocycles. The Morgan fingerprint density at radius 2 is 1.60 bits per heavy atom. The number of rotatable bonds is 1. The van der Waals surface area contributed by atoms with Crippen LogP contribution in [0.3, 0.4) is 0 Å². The van der Waals surface area contributed by atoms with E-state index in [1.165, 1.54) is 11.1 Å². The topological polar surface area (TPSA) is 18.5 Å². The largest absolute Gasteiger partial charge is 0.346 e. The molecule has 0 aromatic carbocycles. The predicted octanol–water partition coefficient (Wildman–Crippen LogP) is 1.72. The van der Waals surface area contributed by atoms with Crippen LogP contribution in [0.5, 0.6) is 0 Å². The molecule has 1 saturated heterocycles. The molecular formula is C8H14O2. The molecule has 1 fully saturated rings. The molecule has 10 heavy (non-hydrogen) atoms. The van der Waals surface area contributed by atoms with E-state index in [2.05, 4.69) is 13.8 Å². The van der Waals surface area contributed by atoms with Crippen molar-refractivity contribution in [3.05, 3.63) is 11.1 Å². The normalized spacial score (nSPS) is 19.5. The molecule has 0 atom stereocenters. The molecule has 0 aromatic heterocycles. The van der Waals surface area contributed by atoms with Gasteiger partial charge in [-0.3, -0.25) is 0 Å². The average Bonchev–Trinajstić information content (AvgIpc) is 2.36. The lowest BCUT2D eigenvalue weighted by atomic mass is 10.2. The van der Waals surface area contributed by atoms with Crippen LogP contribution in [0.4, 0.5) is 0 Å². The number of hydrogen-bond donors (Lipinski definition) is 0. The van der Waals surface area contributed by atoms with Crippen LogP contribution in [-0.4, -0.2) is 19.5 Å². The van der Waals surface area contributed by atoms with Crippen LogP contribution in [0.2, 0.25) is 0 Å². The van der Waals surface area contributed by atoms with Gasteiger partial charge in [0.05, 0.1) is 13.2 Å². The molecular weight excluding hydrogens is 128 g/mol. The minimum absolute atomic E-state index is 0.0648. The first-order valence-electron chi connectivity index (χ1n) is 3.59. The van der Waals surface area contributed by atoms with Crippen molar-refractivity contribution in [2.24, 2.45) is 0 Å². The molecule has 0 amide bonds. The van der Waals surface area contributed by atoms with Crippen LogP contribution in [0.25, 0.3) is 0 Å². The number of ether oxygens (including phenoxy) is 2. The second-order valence-corrected chi connectivity index (χ2v) is 2.76. The van der Waals surface area contributed by atoms with Gasteiger partial charge in [-0.25, -0.2) is 0 Å². The molecule has 0 bridgehead atoms. The zero-order chi connectivity index (χ0) is 7.56. The predicted molar refractivity (Wildman–Crippen MR) is 39.7 cm³/mol. The second kappa shape index (κ2) is 3.17. The van der Waals surface area contributed by atoms with Crippen LogP contribution in [0.15, 0.2) is 11.1 Å². The van der Waals surface area contributed by atoms with Crippen molar-refractivity contribution in [3.63, 3.8) is 0 Å². The smallest absolute Gasteiger partial charge is 0.179 e. The molecule has 0 unspecified atom stereocenters. The molecule has 0 aromatic rings. The first-order chi connectivity index (χ1) is 4.72. The van der Waals surface area contributed by atoms with Crippen molar-refractivity contribution < 1.29 is 9.47 Å². The third-order valence-corrected chi connectivity index (χ3v) is 1.76. The highest BCUT2D eigenvalue weighted by Gasteiger charge is 2.17. The second-order valence-electron chi connectivity index (χ2n) is 2.76. The summed E-state index contributed by atoms with van der Waals surface area (Å²) in [6, 6.07) is 0. The van der Waals surface area contributed by atoms with Gasteiger partial charge in [-0.2, -0.15) is 0 Å².